The minimum Gasteiger partial charge on any atom is -0.508 e. The summed E-state index contributed by atoms with van der Waals surface area (Å²) in [6.07, 6.45) is 4.05. The van der Waals surface area contributed by atoms with E-state index >= 15 is 0 Å². The van der Waals surface area contributed by atoms with Gasteiger partial charge in [-0.1, -0.05) is 15.9 Å². The van der Waals surface area contributed by atoms with Gasteiger partial charge in [0.2, 0.25) is 0 Å². The van der Waals surface area contributed by atoms with Crippen LogP contribution >= 0.6 is 15.9 Å². The van der Waals surface area contributed by atoms with Gasteiger partial charge >= 0.3 is 0 Å². The third kappa shape index (κ3) is 2.31. The molecule has 2 unspecified atom stereocenters. The number of amides is 1. The van der Waals surface area contributed by atoms with Crippen molar-refractivity contribution in [2.75, 3.05) is 0 Å². The van der Waals surface area contributed by atoms with Crippen LogP contribution in [0.4, 0.5) is 0 Å². The van der Waals surface area contributed by atoms with Gasteiger partial charge in [0.15, 0.2) is 0 Å². The van der Waals surface area contributed by atoms with Crippen molar-refractivity contribution in [2.45, 2.75) is 42.6 Å². The van der Waals surface area contributed by atoms with Crippen LogP contribution in [0.25, 0.3) is 0 Å². The predicted molar refractivity (Wildman–Crippen MR) is 74.7 cm³/mol. The molecule has 2 aliphatic rings. The number of carbonyl (C=O) groups is 1. The van der Waals surface area contributed by atoms with Crippen LogP contribution in [0.2, 0.25) is 0 Å². The Balaban J connectivity index is 1.88. The molecule has 2 bridgehead atoms. The van der Waals surface area contributed by atoms with E-state index in [-0.39, 0.29) is 29.5 Å². The van der Waals surface area contributed by atoms with Crippen molar-refractivity contribution >= 4 is 21.8 Å². The number of rotatable bonds is 1. The molecule has 4 nitrogen and oxygen atoms in total. The maximum atomic E-state index is 12.6. The van der Waals surface area contributed by atoms with E-state index in [1.165, 1.54) is 18.2 Å². The van der Waals surface area contributed by atoms with Crippen LogP contribution in [0.15, 0.2) is 18.2 Å². The molecule has 0 saturated carbocycles. The molecule has 2 saturated heterocycles. The zero-order valence-corrected chi connectivity index (χ0v) is 12.0. The lowest BCUT2D eigenvalue weighted by molar-refractivity contribution is 0.0602. The molecule has 0 spiro atoms. The van der Waals surface area contributed by atoms with Crippen molar-refractivity contribution < 1.29 is 15.0 Å². The third-order valence-corrected chi connectivity index (χ3v) is 4.81. The molecule has 1 aromatic carbocycles. The minimum absolute atomic E-state index is 0.0777. The lowest BCUT2D eigenvalue weighted by atomic mass is 10.0. The van der Waals surface area contributed by atoms with Crippen LogP contribution in [0.5, 0.6) is 11.5 Å². The van der Waals surface area contributed by atoms with E-state index in [9.17, 15) is 15.0 Å². The van der Waals surface area contributed by atoms with Gasteiger partial charge in [-0.15, -0.1) is 0 Å². The van der Waals surface area contributed by atoms with Crippen LogP contribution in [-0.2, 0) is 0 Å². The molecule has 0 aliphatic carbocycles. The normalized spacial score (nSPS) is 29.5. The lowest BCUT2D eigenvalue weighted by Gasteiger charge is -2.37. The average molecular weight is 326 g/mol. The monoisotopic (exact) mass is 325 g/mol. The summed E-state index contributed by atoms with van der Waals surface area (Å²) in [5.41, 5.74) is 0.363. The summed E-state index contributed by atoms with van der Waals surface area (Å²) in [6, 6.07) is 4.62. The smallest absolute Gasteiger partial charge is 0.254 e. The number of benzene rings is 1. The number of fused-ring (bicyclic) bond motifs is 2. The highest BCUT2D eigenvalue weighted by molar-refractivity contribution is 9.09. The summed E-state index contributed by atoms with van der Waals surface area (Å²) in [5, 5.41) is 19.0. The molecule has 102 valence electrons. The first-order chi connectivity index (χ1) is 9.04. The fourth-order valence-corrected chi connectivity index (χ4v) is 4.17. The average Bonchev–Trinajstić information content (AvgIpc) is 2.59. The number of alkyl halides is 1. The van der Waals surface area contributed by atoms with Gasteiger partial charge in [0.25, 0.3) is 5.91 Å². The molecule has 2 aliphatic heterocycles. The molecular formula is C14H16BrNO3. The molecule has 2 atom stereocenters. The molecule has 2 fully saturated rings. The predicted octanol–water partition coefficient (Wildman–Crippen LogP) is 2.63. The quantitative estimate of drug-likeness (QED) is 0.780. The number of hydrogen-bond donors (Lipinski definition) is 2. The van der Waals surface area contributed by atoms with Crippen molar-refractivity contribution in [2.24, 2.45) is 0 Å². The van der Waals surface area contributed by atoms with Gasteiger partial charge in [-0.25, -0.2) is 0 Å². The van der Waals surface area contributed by atoms with Gasteiger partial charge in [-0.2, -0.15) is 0 Å². The molecule has 0 aromatic heterocycles. The molecule has 5 heteroatoms. The van der Waals surface area contributed by atoms with Gasteiger partial charge in [0, 0.05) is 28.5 Å². The maximum Gasteiger partial charge on any atom is 0.254 e. The molecule has 1 amide bonds. The van der Waals surface area contributed by atoms with Gasteiger partial charge < -0.3 is 15.1 Å². The van der Waals surface area contributed by atoms with Crippen LogP contribution in [0.3, 0.4) is 0 Å². The van der Waals surface area contributed by atoms with E-state index in [0.29, 0.717) is 10.4 Å². The third-order valence-electron chi connectivity index (χ3n) is 4.06. The first kappa shape index (κ1) is 12.8. The number of aromatic hydroxyl groups is 2. The summed E-state index contributed by atoms with van der Waals surface area (Å²) in [7, 11) is 0. The van der Waals surface area contributed by atoms with E-state index in [4.69, 9.17) is 0 Å². The summed E-state index contributed by atoms with van der Waals surface area (Å²) in [6.45, 7) is 0. The highest BCUT2D eigenvalue weighted by Gasteiger charge is 2.42. The van der Waals surface area contributed by atoms with Crippen LogP contribution in [-0.4, -0.2) is 37.9 Å². The van der Waals surface area contributed by atoms with E-state index in [1.807, 2.05) is 4.90 Å². The Hall–Kier alpha value is -1.23. The standard InChI is InChI=1S/C14H16BrNO3/c15-9-5-10-1-2-11(6-9)16(10)14(19)8-3-12(17)7-13(18)4-8/h3-4,7,9-11,17-18H,1-2,5-6H2. The van der Waals surface area contributed by atoms with E-state index in [1.54, 1.807) is 0 Å². The number of halogens is 1. The van der Waals surface area contributed by atoms with Gasteiger partial charge in [-0.3, -0.25) is 4.79 Å². The number of hydrogen-bond acceptors (Lipinski definition) is 3. The van der Waals surface area contributed by atoms with Gasteiger partial charge in [0.1, 0.15) is 11.5 Å². The van der Waals surface area contributed by atoms with E-state index in [2.05, 4.69) is 15.9 Å². The second-order valence-electron chi connectivity index (χ2n) is 5.40. The van der Waals surface area contributed by atoms with Crippen molar-refractivity contribution in [1.82, 2.24) is 4.90 Å². The zero-order chi connectivity index (χ0) is 13.6. The highest BCUT2D eigenvalue weighted by atomic mass is 79.9. The van der Waals surface area contributed by atoms with Gasteiger partial charge in [-0.05, 0) is 37.8 Å². The Morgan fingerprint density at radius 3 is 2.16 bits per heavy atom. The summed E-state index contributed by atoms with van der Waals surface area (Å²) < 4.78 is 0. The number of piperidine rings is 1. The van der Waals surface area contributed by atoms with Crippen molar-refractivity contribution in [3.63, 3.8) is 0 Å². The Labute approximate surface area is 120 Å². The Bertz CT molecular complexity index is 485. The minimum atomic E-state index is -0.0851. The molecule has 0 radical (unpaired) electrons. The van der Waals surface area contributed by atoms with Crippen LogP contribution < -0.4 is 0 Å². The van der Waals surface area contributed by atoms with E-state index < -0.39 is 0 Å². The zero-order valence-electron chi connectivity index (χ0n) is 10.4. The Morgan fingerprint density at radius 1 is 1.11 bits per heavy atom. The lowest BCUT2D eigenvalue weighted by Crippen LogP contribution is -2.46. The SMILES string of the molecule is O=C(c1cc(O)cc(O)c1)N1C2CCC1CC(Br)C2. The summed E-state index contributed by atoms with van der Waals surface area (Å²) in [5.74, 6) is -0.241. The van der Waals surface area contributed by atoms with Crippen LogP contribution in [0.1, 0.15) is 36.0 Å². The highest BCUT2D eigenvalue weighted by Crippen LogP contribution is 2.39. The van der Waals surface area contributed by atoms with Crippen molar-refractivity contribution in [1.29, 1.82) is 0 Å². The Morgan fingerprint density at radius 2 is 1.63 bits per heavy atom. The summed E-state index contributed by atoms with van der Waals surface area (Å²) in [4.78, 5) is 15.0. The number of carbonyl (C=O) groups excluding carboxylic acids is 1. The fourth-order valence-electron chi connectivity index (χ4n) is 3.31. The topological polar surface area (TPSA) is 60.8 Å². The number of phenolic OH excluding ortho intramolecular Hbond substituents is 2. The molecule has 2 heterocycles. The number of phenols is 2. The molecule has 2 N–H and O–H groups in total. The van der Waals surface area contributed by atoms with Gasteiger partial charge in [0.05, 0.1) is 0 Å². The van der Waals surface area contributed by atoms with Crippen molar-refractivity contribution in [3.8, 4) is 11.5 Å². The maximum absolute atomic E-state index is 12.6. The first-order valence-electron chi connectivity index (χ1n) is 6.54. The molecule has 19 heavy (non-hydrogen) atoms. The molecule has 3 rings (SSSR count). The summed E-state index contributed by atoms with van der Waals surface area (Å²) >= 11 is 3.65. The van der Waals surface area contributed by atoms with E-state index in [0.717, 1.165) is 25.7 Å². The second kappa shape index (κ2) is 4.71. The largest absolute Gasteiger partial charge is 0.508 e. The second-order valence-corrected chi connectivity index (χ2v) is 6.70. The Kier molecular flexibility index (Phi) is 3.17. The molecule has 1 aromatic rings. The molecular weight excluding hydrogens is 310 g/mol. The first-order valence-corrected chi connectivity index (χ1v) is 7.46. The van der Waals surface area contributed by atoms with Crippen LogP contribution in [0, 0.1) is 0 Å². The fraction of sp³-hybridized carbons (Fsp3) is 0.500. The number of nitrogens with zero attached hydrogens (tertiary/aromatic N) is 1. The van der Waals surface area contributed by atoms with Crippen molar-refractivity contribution in [3.05, 3.63) is 23.8 Å².